The summed E-state index contributed by atoms with van der Waals surface area (Å²) in [6.45, 7) is 8.91. The first kappa shape index (κ1) is 15.8. The zero-order valence-electron chi connectivity index (χ0n) is 14.3. The van der Waals surface area contributed by atoms with Crippen molar-refractivity contribution in [2.45, 2.75) is 64.6 Å². The molecule has 1 saturated carbocycles. The van der Waals surface area contributed by atoms with Crippen LogP contribution in [0.5, 0.6) is 0 Å². The molecule has 1 N–H and O–H groups in total. The molecule has 1 atom stereocenters. The van der Waals surface area contributed by atoms with Gasteiger partial charge in [-0.05, 0) is 46.6 Å². The minimum atomic E-state index is -0.215. The van der Waals surface area contributed by atoms with E-state index in [1.165, 1.54) is 12.8 Å². The molecule has 124 valence electrons. The summed E-state index contributed by atoms with van der Waals surface area (Å²) in [6, 6.07) is 1.98. The van der Waals surface area contributed by atoms with Gasteiger partial charge in [0.2, 0.25) is 0 Å². The molecule has 0 bridgehead atoms. The first-order valence-electron chi connectivity index (χ1n) is 8.21. The molecule has 0 radical (unpaired) electrons. The Morgan fingerprint density at radius 1 is 1.43 bits per heavy atom. The second-order valence-electron chi connectivity index (χ2n) is 7.45. The van der Waals surface area contributed by atoms with E-state index in [0.717, 1.165) is 5.69 Å². The normalized spacial score (nSPS) is 16.3. The van der Waals surface area contributed by atoms with Gasteiger partial charge < -0.3 is 9.88 Å². The van der Waals surface area contributed by atoms with Crippen LogP contribution in [0, 0.1) is 0 Å². The predicted molar refractivity (Wildman–Crippen MR) is 88.4 cm³/mol. The minimum absolute atomic E-state index is 0.0180. The van der Waals surface area contributed by atoms with E-state index in [1.54, 1.807) is 12.5 Å². The Morgan fingerprint density at radius 3 is 2.74 bits per heavy atom. The predicted octanol–water partition coefficient (Wildman–Crippen LogP) is 2.53. The first-order chi connectivity index (χ1) is 10.8. The van der Waals surface area contributed by atoms with E-state index < -0.39 is 0 Å². The summed E-state index contributed by atoms with van der Waals surface area (Å²) in [5.74, 6) is 0.473. The highest BCUT2D eigenvalue weighted by molar-refractivity contribution is 5.93. The van der Waals surface area contributed by atoms with Crippen molar-refractivity contribution < 1.29 is 4.79 Å². The molecular formula is C17H25N5O. The Labute approximate surface area is 136 Å². The third-order valence-electron chi connectivity index (χ3n) is 4.01. The number of hydrogen-bond acceptors (Lipinski definition) is 3. The van der Waals surface area contributed by atoms with Gasteiger partial charge in [-0.15, -0.1) is 0 Å². The second-order valence-corrected chi connectivity index (χ2v) is 7.45. The van der Waals surface area contributed by atoms with Gasteiger partial charge >= 0.3 is 0 Å². The van der Waals surface area contributed by atoms with Crippen molar-refractivity contribution >= 4 is 5.91 Å². The van der Waals surface area contributed by atoms with E-state index in [2.05, 4.69) is 36.2 Å². The SMILES string of the molecule is CC(Cn1ccnc1)NC(=O)c1cc(C2CC2)nn1C(C)(C)C. The van der Waals surface area contributed by atoms with Gasteiger partial charge in [0.25, 0.3) is 5.91 Å². The van der Waals surface area contributed by atoms with E-state index in [1.807, 2.05) is 28.4 Å². The molecule has 2 aromatic heterocycles. The Kier molecular flexibility index (Phi) is 4.00. The number of rotatable bonds is 5. The number of hydrogen-bond donors (Lipinski definition) is 1. The average molecular weight is 315 g/mol. The van der Waals surface area contributed by atoms with E-state index in [-0.39, 0.29) is 17.5 Å². The maximum atomic E-state index is 12.7. The fraction of sp³-hybridized carbons (Fsp3) is 0.588. The molecule has 1 unspecified atom stereocenters. The van der Waals surface area contributed by atoms with Crippen LogP contribution in [0.1, 0.15) is 62.6 Å². The van der Waals surface area contributed by atoms with Crippen molar-refractivity contribution in [3.05, 3.63) is 36.2 Å². The molecule has 0 aromatic carbocycles. The van der Waals surface area contributed by atoms with Crippen molar-refractivity contribution in [2.24, 2.45) is 0 Å². The number of amides is 1. The van der Waals surface area contributed by atoms with E-state index in [4.69, 9.17) is 0 Å². The maximum absolute atomic E-state index is 12.7. The summed E-state index contributed by atoms with van der Waals surface area (Å²) < 4.78 is 3.82. The largest absolute Gasteiger partial charge is 0.346 e. The summed E-state index contributed by atoms with van der Waals surface area (Å²) in [7, 11) is 0. The Morgan fingerprint density at radius 2 is 2.17 bits per heavy atom. The van der Waals surface area contributed by atoms with Gasteiger partial charge in [0, 0.05) is 30.9 Å². The van der Waals surface area contributed by atoms with Crippen LogP contribution in [0.2, 0.25) is 0 Å². The number of carbonyl (C=O) groups is 1. The van der Waals surface area contributed by atoms with Crippen molar-refractivity contribution in [1.82, 2.24) is 24.6 Å². The van der Waals surface area contributed by atoms with Crippen LogP contribution in [0.25, 0.3) is 0 Å². The van der Waals surface area contributed by atoms with E-state index in [9.17, 15) is 4.79 Å². The number of aromatic nitrogens is 4. The van der Waals surface area contributed by atoms with Crippen molar-refractivity contribution in [3.63, 3.8) is 0 Å². The van der Waals surface area contributed by atoms with Crippen LogP contribution in [0.15, 0.2) is 24.8 Å². The molecule has 6 nitrogen and oxygen atoms in total. The smallest absolute Gasteiger partial charge is 0.269 e. The third-order valence-corrected chi connectivity index (χ3v) is 4.01. The van der Waals surface area contributed by atoms with Crippen LogP contribution in [-0.2, 0) is 12.1 Å². The highest BCUT2D eigenvalue weighted by Gasteiger charge is 2.31. The monoisotopic (exact) mass is 315 g/mol. The Hall–Kier alpha value is -2.11. The summed E-state index contributed by atoms with van der Waals surface area (Å²) >= 11 is 0. The third kappa shape index (κ3) is 3.63. The zero-order valence-corrected chi connectivity index (χ0v) is 14.3. The van der Waals surface area contributed by atoms with Crippen molar-refractivity contribution in [2.75, 3.05) is 0 Å². The van der Waals surface area contributed by atoms with Crippen LogP contribution < -0.4 is 5.32 Å². The number of nitrogens with one attached hydrogen (secondary N) is 1. The molecule has 1 amide bonds. The lowest BCUT2D eigenvalue weighted by molar-refractivity contribution is 0.0918. The molecule has 3 rings (SSSR count). The lowest BCUT2D eigenvalue weighted by Gasteiger charge is -2.23. The molecule has 23 heavy (non-hydrogen) atoms. The van der Waals surface area contributed by atoms with Gasteiger partial charge in [0.15, 0.2) is 0 Å². The zero-order chi connectivity index (χ0) is 16.6. The molecule has 1 fully saturated rings. The molecule has 0 aliphatic heterocycles. The molecule has 6 heteroatoms. The van der Waals surface area contributed by atoms with E-state index in [0.29, 0.717) is 18.2 Å². The highest BCUT2D eigenvalue weighted by atomic mass is 16.2. The molecule has 1 aliphatic carbocycles. The number of nitrogens with zero attached hydrogens (tertiary/aromatic N) is 4. The minimum Gasteiger partial charge on any atom is -0.346 e. The van der Waals surface area contributed by atoms with Gasteiger partial charge in [-0.25, -0.2) is 4.98 Å². The van der Waals surface area contributed by atoms with Crippen molar-refractivity contribution in [3.8, 4) is 0 Å². The summed E-state index contributed by atoms with van der Waals surface area (Å²) in [5.41, 5.74) is 1.48. The lowest BCUT2D eigenvalue weighted by atomic mass is 10.1. The Balaban J connectivity index is 1.75. The molecule has 2 aromatic rings. The topological polar surface area (TPSA) is 64.7 Å². The second kappa shape index (κ2) is 5.83. The van der Waals surface area contributed by atoms with E-state index >= 15 is 0 Å². The van der Waals surface area contributed by atoms with Crippen molar-refractivity contribution in [1.29, 1.82) is 0 Å². The number of imidazole rings is 1. The molecule has 1 aliphatic rings. The summed E-state index contributed by atoms with van der Waals surface area (Å²) in [5, 5.41) is 7.76. The Bertz CT molecular complexity index is 676. The van der Waals surface area contributed by atoms with Crippen LogP contribution in [0.4, 0.5) is 0 Å². The quantitative estimate of drug-likeness (QED) is 0.922. The van der Waals surface area contributed by atoms with Gasteiger partial charge in [-0.3, -0.25) is 9.48 Å². The molecule has 0 spiro atoms. The van der Waals surface area contributed by atoms with Crippen LogP contribution >= 0.6 is 0 Å². The van der Waals surface area contributed by atoms with Crippen LogP contribution in [-0.4, -0.2) is 31.3 Å². The standard InChI is InChI=1S/C17H25N5O/c1-12(10-21-8-7-18-11-21)19-16(23)15-9-14(13-5-6-13)20-22(15)17(2,3)4/h7-9,11-13H,5-6,10H2,1-4H3,(H,19,23). The number of carbonyl (C=O) groups excluding carboxylic acids is 1. The average Bonchev–Trinajstić information content (AvgIpc) is 2.99. The summed E-state index contributed by atoms with van der Waals surface area (Å²) in [6.07, 6.45) is 7.75. The van der Waals surface area contributed by atoms with Crippen LogP contribution in [0.3, 0.4) is 0 Å². The molecular weight excluding hydrogens is 290 g/mol. The maximum Gasteiger partial charge on any atom is 0.269 e. The lowest BCUT2D eigenvalue weighted by Crippen LogP contribution is -2.38. The van der Waals surface area contributed by atoms with Gasteiger partial charge in [-0.2, -0.15) is 5.10 Å². The fourth-order valence-corrected chi connectivity index (χ4v) is 2.71. The highest BCUT2D eigenvalue weighted by Crippen LogP contribution is 2.40. The summed E-state index contributed by atoms with van der Waals surface area (Å²) in [4.78, 5) is 16.7. The first-order valence-corrected chi connectivity index (χ1v) is 8.21. The fourth-order valence-electron chi connectivity index (χ4n) is 2.71. The molecule has 0 saturated heterocycles. The van der Waals surface area contributed by atoms with Gasteiger partial charge in [-0.1, -0.05) is 0 Å². The van der Waals surface area contributed by atoms with Gasteiger partial charge in [0.1, 0.15) is 5.69 Å². The van der Waals surface area contributed by atoms with Gasteiger partial charge in [0.05, 0.1) is 17.6 Å². The molecule has 2 heterocycles.